The SMILES string of the molecule is CNCC(Br)C=N. The molecule has 0 radical (unpaired) electrons. The van der Waals surface area contributed by atoms with Crippen LogP contribution in [0.1, 0.15) is 0 Å². The molecule has 0 bridgehead atoms. The van der Waals surface area contributed by atoms with Gasteiger partial charge in [0.15, 0.2) is 0 Å². The van der Waals surface area contributed by atoms with Crippen molar-refractivity contribution in [3.63, 3.8) is 0 Å². The van der Waals surface area contributed by atoms with Gasteiger partial charge in [-0.3, -0.25) is 0 Å². The quantitative estimate of drug-likeness (QED) is 0.466. The highest BCUT2D eigenvalue weighted by Gasteiger charge is 1.92. The zero-order valence-electron chi connectivity index (χ0n) is 4.24. The maximum absolute atomic E-state index is 6.70. The van der Waals surface area contributed by atoms with Crippen molar-refractivity contribution in [1.82, 2.24) is 5.32 Å². The number of hydrogen-bond acceptors (Lipinski definition) is 2. The minimum absolute atomic E-state index is 0.192. The Balaban J connectivity index is 2.98. The molecule has 0 heterocycles. The second-order valence-corrected chi connectivity index (χ2v) is 2.42. The topological polar surface area (TPSA) is 35.9 Å². The molecular formula is C4H9BrN2. The molecule has 2 nitrogen and oxygen atoms in total. The Morgan fingerprint density at radius 3 is 2.71 bits per heavy atom. The van der Waals surface area contributed by atoms with Crippen molar-refractivity contribution in [1.29, 1.82) is 5.41 Å². The van der Waals surface area contributed by atoms with Crippen LogP contribution in [0.5, 0.6) is 0 Å². The minimum Gasteiger partial charge on any atom is -0.318 e. The van der Waals surface area contributed by atoms with E-state index in [1.165, 1.54) is 6.21 Å². The molecule has 0 saturated carbocycles. The summed E-state index contributed by atoms with van der Waals surface area (Å²) >= 11 is 3.23. The maximum Gasteiger partial charge on any atom is 0.0615 e. The van der Waals surface area contributed by atoms with Gasteiger partial charge in [-0.25, -0.2) is 0 Å². The third-order valence-corrected chi connectivity index (χ3v) is 1.17. The molecule has 0 aromatic rings. The van der Waals surface area contributed by atoms with E-state index < -0.39 is 0 Å². The van der Waals surface area contributed by atoms with E-state index in [0.717, 1.165) is 6.54 Å². The molecule has 0 amide bonds. The summed E-state index contributed by atoms with van der Waals surface area (Å²) in [6.07, 6.45) is 1.36. The van der Waals surface area contributed by atoms with Gasteiger partial charge in [-0.05, 0) is 7.05 Å². The van der Waals surface area contributed by atoms with E-state index in [9.17, 15) is 0 Å². The molecule has 0 aliphatic rings. The van der Waals surface area contributed by atoms with Crippen molar-refractivity contribution in [3.05, 3.63) is 0 Å². The molecular weight excluding hydrogens is 156 g/mol. The minimum atomic E-state index is 0.192. The van der Waals surface area contributed by atoms with Crippen molar-refractivity contribution >= 4 is 22.1 Å². The van der Waals surface area contributed by atoms with Crippen LogP contribution in [0, 0.1) is 5.41 Å². The van der Waals surface area contributed by atoms with Gasteiger partial charge >= 0.3 is 0 Å². The first-order chi connectivity index (χ1) is 3.31. The fourth-order valence-corrected chi connectivity index (χ4v) is 0.578. The van der Waals surface area contributed by atoms with Gasteiger partial charge in [-0.1, -0.05) is 15.9 Å². The molecule has 0 aromatic heterocycles. The first-order valence-electron chi connectivity index (χ1n) is 2.10. The third-order valence-electron chi connectivity index (χ3n) is 0.580. The van der Waals surface area contributed by atoms with Crippen molar-refractivity contribution in [3.8, 4) is 0 Å². The fourth-order valence-electron chi connectivity index (χ4n) is 0.254. The summed E-state index contributed by atoms with van der Waals surface area (Å²) in [4.78, 5) is 0.192. The molecule has 3 heteroatoms. The second-order valence-electron chi connectivity index (χ2n) is 1.24. The predicted octanol–water partition coefficient (Wildman–Crippen LogP) is 0.619. The first kappa shape index (κ1) is 7.11. The van der Waals surface area contributed by atoms with Crippen LogP contribution in [-0.4, -0.2) is 24.6 Å². The van der Waals surface area contributed by atoms with Crippen LogP contribution in [0.3, 0.4) is 0 Å². The molecule has 0 aromatic carbocycles. The number of halogens is 1. The van der Waals surface area contributed by atoms with E-state index in [-0.39, 0.29) is 4.83 Å². The zero-order valence-corrected chi connectivity index (χ0v) is 5.83. The Hall–Kier alpha value is 0.110. The monoisotopic (exact) mass is 164 g/mol. The van der Waals surface area contributed by atoms with Crippen LogP contribution >= 0.6 is 15.9 Å². The Bertz CT molecular complexity index is 55.7. The largest absolute Gasteiger partial charge is 0.318 e. The van der Waals surface area contributed by atoms with Crippen LogP contribution in [0.4, 0.5) is 0 Å². The van der Waals surface area contributed by atoms with E-state index in [1.807, 2.05) is 7.05 Å². The zero-order chi connectivity index (χ0) is 5.70. The molecule has 0 rings (SSSR count). The molecule has 0 spiro atoms. The number of rotatable bonds is 3. The summed E-state index contributed by atoms with van der Waals surface area (Å²) in [6, 6.07) is 0. The summed E-state index contributed by atoms with van der Waals surface area (Å²) < 4.78 is 0. The molecule has 2 N–H and O–H groups in total. The molecule has 42 valence electrons. The standard InChI is InChI=1S/C4H9BrN2/c1-7-3-4(5)2-6/h2,4,6-7H,3H2,1H3. The highest BCUT2D eigenvalue weighted by molar-refractivity contribution is 9.10. The van der Waals surface area contributed by atoms with Crippen molar-refractivity contribution in [2.75, 3.05) is 13.6 Å². The lowest BCUT2D eigenvalue weighted by Gasteiger charge is -1.97. The smallest absolute Gasteiger partial charge is 0.0615 e. The van der Waals surface area contributed by atoms with Gasteiger partial charge in [0, 0.05) is 12.8 Å². The van der Waals surface area contributed by atoms with Crippen molar-refractivity contribution in [2.45, 2.75) is 4.83 Å². The van der Waals surface area contributed by atoms with Gasteiger partial charge in [-0.2, -0.15) is 0 Å². The summed E-state index contributed by atoms with van der Waals surface area (Å²) in [5.74, 6) is 0. The van der Waals surface area contributed by atoms with E-state index >= 15 is 0 Å². The normalized spacial score (nSPS) is 13.4. The molecule has 7 heavy (non-hydrogen) atoms. The molecule has 0 aliphatic heterocycles. The van der Waals surface area contributed by atoms with E-state index in [2.05, 4.69) is 21.2 Å². The summed E-state index contributed by atoms with van der Waals surface area (Å²) in [5, 5.41) is 9.62. The van der Waals surface area contributed by atoms with E-state index in [4.69, 9.17) is 5.41 Å². The third kappa shape index (κ3) is 3.95. The Kier molecular flexibility index (Phi) is 4.34. The van der Waals surface area contributed by atoms with Gasteiger partial charge in [0.25, 0.3) is 0 Å². The fraction of sp³-hybridized carbons (Fsp3) is 0.750. The lowest BCUT2D eigenvalue weighted by atomic mass is 10.5. The average Bonchev–Trinajstić information content (AvgIpc) is 1.68. The molecule has 0 fully saturated rings. The molecule has 0 aliphatic carbocycles. The lowest BCUT2D eigenvalue weighted by molar-refractivity contribution is 0.843. The summed E-state index contributed by atoms with van der Waals surface area (Å²) in [6.45, 7) is 0.823. The molecule has 1 atom stereocenters. The van der Waals surface area contributed by atoms with Crippen LogP contribution < -0.4 is 5.32 Å². The van der Waals surface area contributed by atoms with Crippen molar-refractivity contribution < 1.29 is 0 Å². The predicted molar refractivity (Wildman–Crippen MR) is 35.4 cm³/mol. The summed E-state index contributed by atoms with van der Waals surface area (Å²) in [7, 11) is 1.86. The maximum atomic E-state index is 6.70. The number of nitrogens with one attached hydrogen (secondary N) is 2. The molecule has 1 unspecified atom stereocenters. The lowest BCUT2D eigenvalue weighted by Crippen LogP contribution is -2.18. The first-order valence-corrected chi connectivity index (χ1v) is 3.02. The highest BCUT2D eigenvalue weighted by Crippen LogP contribution is 1.90. The average molecular weight is 165 g/mol. The Morgan fingerprint density at radius 1 is 2.00 bits per heavy atom. The highest BCUT2D eigenvalue weighted by atomic mass is 79.9. The van der Waals surface area contributed by atoms with Crippen LogP contribution in [0.2, 0.25) is 0 Å². The van der Waals surface area contributed by atoms with Gasteiger partial charge in [-0.15, -0.1) is 0 Å². The number of alkyl halides is 1. The van der Waals surface area contributed by atoms with Crippen LogP contribution in [-0.2, 0) is 0 Å². The van der Waals surface area contributed by atoms with Gasteiger partial charge in [0.05, 0.1) is 4.83 Å². The van der Waals surface area contributed by atoms with Crippen LogP contribution in [0.25, 0.3) is 0 Å². The van der Waals surface area contributed by atoms with Crippen LogP contribution in [0.15, 0.2) is 0 Å². The van der Waals surface area contributed by atoms with Gasteiger partial charge in [0.2, 0.25) is 0 Å². The van der Waals surface area contributed by atoms with Gasteiger partial charge < -0.3 is 10.7 Å². The van der Waals surface area contributed by atoms with E-state index in [0.29, 0.717) is 0 Å². The van der Waals surface area contributed by atoms with Crippen molar-refractivity contribution in [2.24, 2.45) is 0 Å². The molecule has 0 saturated heterocycles. The number of hydrogen-bond donors (Lipinski definition) is 2. The Labute approximate surface area is 51.9 Å². The summed E-state index contributed by atoms with van der Waals surface area (Å²) in [5.41, 5.74) is 0. The second kappa shape index (κ2) is 4.27. The van der Waals surface area contributed by atoms with E-state index in [1.54, 1.807) is 0 Å². The van der Waals surface area contributed by atoms with Gasteiger partial charge in [0.1, 0.15) is 0 Å². The Morgan fingerprint density at radius 2 is 2.57 bits per heavy atom.